The third kappa shape index (κ3) is 4.15. The van der Waals surface area contributed by atoms with E-state index in [1.807, 2.05) is 36.4 Å². The number of rotatable bonds is 5. The smallest absolute Gasteiger partial charge is 0.245 e. The second kappa shape index (κ2) is 7.63. The van der Waals surface area contributed by atoms with E-state index in [0.29, 0.717) is 19.0 Å². The molecule has 0 spiro atoms. The number of nitrogens with zero attached hydrogens (tertiary/aromatic N) is 1. The van der Waals surface area contributed by atoms with Gasteiger partial charge in [-0.05, 0) is 30.2 Å². The maximum Gasteiger partial charge on any atom is 0.245 e. The molecule has 1 heterocycles. The molecular weight excluding hydrogens is 320 g/mol. The number of methoxy groups -OCH3 is 1. The summed E-state index contributed by atoms with van der Waals surface area (Å²) in [5.74, 6) is -0.447. The Bertz CT molecular complexity index is 782. The molecule has 0 aromatic heterocycles. The first-order valence-electron chi connectivity index (χ1n) is 8.27. The van der Waals surface area contributed by atoms with Crippen LogP contribution in [0.2, 0.25) is 0 Å². The molecule has 0 aliphatic carbocycles. The highest BCUT2D eigenvalue weighted by molar-refractivity contribution is 6.02. The Morgan fingerprint density at radius 2 is 2.04 bits per heavy atom. The summed E-state index contributed by atoms with van der Waals surface area (Å²) in [5, 5.41) is 6.16. The Morgan fingerprint density at radius 1 is 1.28 bits per heavy atom. The van der Waals surface area contributed by atoms with Gasteiger partial charge in [0.2, 0.25) is 5.91 Å². The number of ether oxygens (including phenoxy) is 3. The monoisotopic (exact) mass is 342 g/mol. The fraction of sp³-hybridized carbons (Fsp3) is 0.368. The highest BCUT2D eigenvalue weighted by Crippen LogP contribution is 2.26. The number of carbonyl (C=O) groups excluding carboxylic acids is 1. The van der Waals surface area contributed by atoms with Gasteiger partial charge in [0.1, 0.15) is 5.75 Å². The number of hydrazone groups is 1. The van der Waals surface area contributed by atoms with Crippen molar-refractivity contribution in [1.29, 1.82) is 0 Å². The van der Waals surface area contributed by atoms with E-state index in [1.165, 1.54) is 0 Å². The number of amides is 1. The molecular formula is C19H22N2O4. The summed E-state index contributed by atoms with van der Waals surface area (Å²) in [4.78, 5) is 12.1. The van der Waals surface area contributed by atoms with E-state index in [4.69, 9.17) is 14.2 Å². The lowest BCUT2D eigenvalue weighted by molar-refractivity contribution is -0.256. The second-order valence-corrected chi connectivity index (χ2v) is 6.06. The van der Waals surface area contributed by atoms with Gasteiger partial charge in [-0.25, -0.2) is 5.43 Å². The van der Waals surface area contributed by atoms with Crippen LogP contribution in [0.3, 0.4) is 0 Å². The van der Waals surface area contributed by atoms with E-state index < -0.39 is 5.79 Å². The molecule has 0 unspecified atom stereocenters. The van der Waals surface area contributed by atoms with Crippen molar-refractivity contribution in [3.05, 3.63) is 42.0 Å². The van der Waals surface area contributed by atoms with Crippen LogP contribution in [-0.2, 0) is 14.3 Å². The van der Waals surface area contributed by atoms with E-state index >= 15 is 0 Å². The Morgan fingerprint density at radius 3 is 2.80 bits per heavy atom. The lowest BCUT2D eigenvalue weighted by Crippen LogP contribution is -2.41. The zero-order valence-electron chi connectivity index (χ0n) is 14.5. The summed E-state index contributed by atoms with van der Waals surface area (Å²) in [6, 6.07) is 11.8. The average molecular weight is 342 g/mol. The highest BCUT2D eigenvalue weighted by Gasteiger charge is 2.31. The molecule has 1 amide bonds. The molecule has 0 atom stereocenters. The van der Waals surface area contributed by atoms with Gasteiger partial charge in [-0.15, -0.1) is 0 Å². The van der Waals surface area contributed by atoms with Crippen molar-refractivity contribution in [3.63, 3.8) is 0 Å². The first-order chi connectivity index (χ1) is 12.1. The zero-order chi connectivity index (χ0) is 17.7. The van der Waals surface area contributed by atoms with E-state index in [0.717, 1.165) is 22.8 Å². The number of fused-ring (bicyclic) bond motifs is 1. The molecule has 1 N–H and O–H groups in total. The van der Waals surface area contributed by atoms with Crippen LogP contribution in [0.1, 0.15) is 25.3 Å². The molecule has 1 aliphatic heterocycles. The van der Waals surface area contributed by atoms with E-state index in [1.54, 1.807) is 20.2 Å². The fourth-order valence-electron chi connectivity index (χ4n) is 2.87. The third-order valence-electron chi connectivity index (χ3n) is 4.12. The van der Waals surface area contributed by atoms with Crippen LogP contribution in [0.25, 0.3) is 10.8 Å². The first-order valence-corrected chi connectivity index (χ1v) is 8.27. The van der Waals surface area contributed by atoms with Gasteiger partial charge in [-0.1, -0.05) is 30.3 Å². The molecule has 1 saturated heterocycles. The summed E-state index contributed by atoms with van der Waals surface area (Å²) in [6.45, 7) is 2.96. The third-order valence-corrected chi connectivity index (χ3v) is 4.12. The molecule has 132 valence electrons. The van der Waals surface area contributed by atoms with Gasteiger partial charge < -0.3 is 14.2 Å². The van der Waals surface area contributed by atoms with Crippen molar-refractivity contribution in [2.24, 2.45) is 5.10 Å². The first kappa shape index (κ1) is 17.4. The van der Waals surface area contributed by atoms with Gasteiger partial charge in [0, 0.05) is 5.56 Å². The van der Waals surface area contributed by atoms with Crippen molar-refractivity contribution in [1.82, 2.24) is 5.43 Å². The van der Waals surface area contributed by atoms with E-state index in [2.05, 4.69) is 10.5 Å². The average Bonchev–Trinajstić information content (AvgIpc) is 2.62. The lowest BCUT2D eigenvalue weighted by atomic mass is 10.0. The maximum absolute atomic E-state index is 12.1. The molecule has 25 heavy (non-hydrogen) atoms. The standard InChI is InChI=1S/C19H22N2O4/c1-19(24-10-5-11-25-19)12-18(22)21-20-13-16-15-7-4-3-6-14(15)8-9-17(16)23-2/h3-4,6-9,13H,5,10-12H2,1-2H3,(H,21,22). The minimum absolute atomic E-state index is 0.0943. The SMILES string of the molecule is COc1ccc2ccccc2c1C=NNC(=O)CC1(C)OCCCO1. The minimum atomic E-state index is -0.880. The molecule has 6 nitrogen and oxygen atoms in total. The van der Waals surface area contributed by atoms with Crippen molar-refractivity contribution < 1.29 is 19.0 Å². The van der Waals surface area contributed by atoms with Crippen molar-refractivity contribution in [2.45, 2.75) is 25.6 Å². The van der Waals surface area contributed by atoms with Crippen molar-refractivity contribution >= 4 is 22.9 Å². The molecule has 0 radical (unpaired) electrons. The zero-order valence-corrected chi connectivity index (χ0v) is 14.5. The molecule has 1 fully saturated rings. The topological polar surface area (TPSA) is 69.2 Å². The van der Waals surface area contributed by atoms with Gasteiger partial charge in [-0.3, -0.25) is 4.79 Å². The number of carbonyl (C=O) groups is 1. The van der Waals surface area contributed by atoms with Crippen LogP contribution in [0, 0.1) is 0 Å². The lowest BCUT2D eigenvalue weighted by Gasteiger charge is -2.33. The molecule has 6 heteroatoms. The second-order valence-electron chi connectivity index (χ2n) is 6.06. The van der Waals surface area contributed by atoms with E-state index in [9.17, 15) is 4.79 Å². The summed E-state index contributed by atoms with van der Waals surface area (Å²) in [6.07, 6.45) is 2.54. The molecule has 0 saturated carbocycles. The van der Waals surface area contributed by atoms with Gasteiger partial charge in [-0.2, -0.15) is 5.10 Å². The molecule has 2 aromatic carbocycles. The highest BCUT2D eigenvalue weighted by atomic mass is 16.7. The summed E-state index contributed by atoms with van der Waals surface area (Å²) in [5.41, 5.74) is 3.35. The van der Waals surface area contributed by atoms with Gasteiger partial charge in [0.25, 0.3) is 0 Å². The molecule has 0 bridgehead atoms. The summed E-state index contributed by atoms with van der Waals surface area (Å²) in [7, 11) is 1.61. The predicted molar refractivity (Wildman–Crippen MR) is 95.8 cm³/mol. The quantitative estimate of drug-likeness (QED) is 0.670. The Balaban J connectivity index is 1.71. The van der Waals surface area contributed by atoms with Gasteiger partial charge in [0.05, 0.1) is 33.0 Å². The van der Waals surface area contributed by atoms with Crippen LogP contribution in [0.15, 0.2) is 41.5 Å². The Hall–Kier alpha value is -2.44. The van der Waals surface area contributed by atoms with Crippen molar-refractivity contribution in [3.8, 4) is 5.75 Å². The van der Waals surface area contributed by atoms with Crippen LogP contribution in [-0.4, -0.2) is 38.2 Å². The number of hydrogen-bond donors (Lipinski definition) is 1. The predicted octanol–water partition coefficient (Wildman–Crippen LogP) is 2.84. The van der Waals surface area contributed by atoms with Crippen LogP contribution < -0.4 is 10.2 Å². The maximum atomic E-state index is 12.1. The Kier molecular flexibility index (Phi) is 5.31. The fourth-order valence-corrected chi connectivity index (χ4v) is 2.87. The van der Waals surface area contributed by atoms with Crippen LogP contribution >= 0.6 is 0 Å². The normalized spacial score (nSPS) is 16.9. The number of hydrogen-bond acceptors (Lipinski definition) is 5. The number of nitrogens with one attached hydrogen (secondary N) is 1. The minimum Gasteiger partial charge on any atom is -0.496 e. The van der Waals surface area contributed by atoms with E-state index in [-0.39, 0.29) is 12.3 Å². The largest absolute Gasteiger partial charge is 0.496 e. The van der Waals surface area contributed by atoms with Gasteiger partial charge in [0.15, 0.2) is 5.79 Å². The Labute approximate surface area is 146 Å². The summed E-state index contributed by atoms with van der Waals surface area (Å²) >= 11 is 0. The van der Waals surface area contributed by atoms with Crippen molar-refractivity contribution in [2.75, 3.05) is 20.3 Å². The van der Waals surface area contributed by atoms with Crippen LogP contribution in [0.5, 0.6) is 5.75 Å². The number of benzene rings is 2. The van der Waals surface area contributed by atoms with Gasteiger partial charge >= 0.3 is 0 Å². The summed E-state index contributed by atoms with van der Waals surface area (Å²) < 4.78 is 16.5. The van der Waals surface area contributed by atoms with Crippen LogP contribution in [0.4, 0.5) is 0 Å². The molecule has 1 aliphatic rings. The molecule has 3 rings (SSSR count). The molecule has 2 aromatic rings.